The zero-order valence-corrected chi connectivity index (χ0v) is 33.9. The topological polar surface area (TPSA) is 136 Å². The number of piperidine rings is 1. The number of aromatic nitrogens is 4. The lowest BCUT2D eigenvalue weighted by Crippen LogP contribution is -2.57. The maximum atomic E-state index is 13.4. The molecule has 14 heteroatoms. The lowest BCUT2D eigenvalue weighted by Gasteiger charge is -2.41. The third-order valence-electron chi connectivity index (χ3n) is 9.68. The van der Waals surface area contributed by atoms with Crippen LogP contribution in [0.5, 0.6) is 0 Å². The number of alkyl carbamates (subject to hydrolysis) is 1. The second-order valence-corrected chi connectivity index (χ2v) is 22.5. The molecule has 0 saturated carbocycles. The molecule has 290 valence electrons. The third kappa shape index (κ3) is 10.4. The van der Waals surface area contributed by atoms with Crippen LogP contribution in [0.1, 0.15) is 56.6 Å². The van der Waals surface area contributed by atoms with Crippen molar-refractivity contribution in [2.24, 2.45) is 0 Å². The number of nitrogens with one attached hydrogen (secondary N) is 2. The van der Waals surface area contributed by atoms with Gasteiger partial charge in [0, 0.05) is 52.7 Å². The van der Waals surface area contributed by atoms with E-state index in [0.717, 1.165) is 72.2 Å². The molecule has 0 aliphatic carbocycles. The number of hydrogen-bond acceptors (Lipinski definition) is 10. The van der Waals surface area contributed by atoms with Crippen LogP contribution >= 0.6 is 0 Å². The number of carbonyl (C=O) groups excluding carboxylic acids is 2. The fourth-order valence-electron chi connectivity index (χ4n) is 6.99. The van der Waals surface area contributed by atoms with Gasteiger partial charge < -0.3 is 34.3 Å². The standard InChI is InChI=1S/C40H56N8O5Si/c1-39(2,3)53-38(50)45-40(4)14-8-16-46(26-40)25-29-13-15-41-33(23-29)37(49)44-31-11-9-30(10-12-31)34-24-32-35(47-17-19-51-20-18-47)42-27-43-36(32)48(34)28-52-21-22-54(5,6)7/h9-13,15,23-24,27H,8,14,16-22,25-26,28H2,1-7H3,(H,44,49)(H,45,50)/t40-/m1/s1. The van der Waals surface area contributed by atoms with Gasteiger partial charge in [0.1, 0.15) is 35.8 Å². The quantitative estimate of drug-likeness (QED) is 0.118. The number of ether oxygens (including phenoxy) is 3. The van der Waals surface area contributed by atoms with Crippen molar-refractivity contribution in [3.05, 3.63) is 66.2 Å². The molecule has 54 heavy (non-hydrogen) atoms. The van der Waals surface area contributed by atoms with Crippen LogP contribution in [-0.2, 0) is 27.5 Å². The summed E-state index contributed by atoms with van der Waals surface area (Å²) in [6.45, 7) is 20.8. The number of likely N-dealkylation sites (tertiary alicyclic amines) is 1. The Morgan fingerprint density at radius 2 is 1.76 bits per heavy atom. The van der Waals surface area contributed by atoms with E-state index in [1.54, 1.807) is 12.5 Å². The van der Waals surface area contributed by atoms with Crippen molar-refractivity contribution in [3.8, 4) is 11.3 Å². The Morgan fingerprint density at radius 3 is 2.48 bits per heavy atom. The molecular weight excluding hydrogens is 701 g/mol. The molecular formula is C40H56N8O5Si. The Bertz CT molecular complexity index is 1920. The molecule has 2 fully saturated rings. The molecule has 0 bridgehead atoms. The van der Waals surface area contributed by atoms with Crippen LogP contribution in [0.4, 0.5) is 16.3 Å². The number of morpholine rings is 1. The molecule has 4 aromatic rings. The van der Waals surface area contributed by atoms with Crippen molar-refractivity contribution in [1.82, 2.24) is 29.7 Å². The minimum absolute atomic E-state index is 0.282. The molecule has 2 aliphatic rings. The van der Waals surface area contributed by atoms with Crippen molar-refractivity contribution in [2.75, 3.05) is 56.2 Å². The summed E-state index contributed by atoms with van der Waals surface area (Å²) in [5, 5.41) is 7.08. The molecule has 0 radical (unpaired) electrons. The van der Waals surface area contributed by atoms with Crippen molar-refractivity contribution >= 4 is 42.6 Å². The first-order valence-electron chi connectivity index (χ1n) is 19.0. The zero-order valence-electron chi connectivity index (χ0n) is 32.9. The van der Waals surface area contributed by atoms with Crippen LogP contribution in [0.15, 0.2) is 55.0 Å². The average molecular weight is 757 g/mol. The highest BCUT2D eigenvalue weighted by atomic mass is 28.3. The van der Waals surface area contributed by atoms with Gasteiger partial charge >= 0.3 is 6.09 Å². The molecule has 2 aliphatic heterocycles. The first-order valence-corrected chi connectivity index (χ1v) is 22.7. The van der Waals surface area contributed by atoms with Crippen molar-refractivity contribution in [1.29, 1.82) is 0 Å². The van der Waals surface area contributed by atoms with Gasteiger partial charge in [0.15, 0.2) is 0 Å². The largest absolute Gasteiger partial charge is 0.444 e. The first kappa shape index (κ1) is 39.3. The first-order chi connectivity index (χ1) is 25.6. The molecule has 1 aromatic carbocycles. The molecule has 1 atom stereocenters. The fourth-order valence-corrected chi connectivity index (χ4v) is 7.74. The van der Waals surface area contributed by atoms with Gasteiger partial charge in [-0.1, -0.05) is 31.8 Å². The molecule has 0 unspecified atom stereocenters. The van der Waals surface area contributed by atoms with Gasteiger partial charge in [-0.3, -0.25) is 14.7 Å². The number of anilines is 2. The summed E-state index contributed by atoms with van der Waals surface area (Å²) >= 11 is 0. The van der Waals surface area contributed by atoms with Crippen LogP contribution in [-0.4, -0.2) is 102 Å². The van der Waals surface area contributed by atoms with Gasteiger partial charge in [0.05, 0.1) is 29.8 Å². The van der Waals surface area contributed by atoms with Crippen LogP contribution in [0.3, 0.4) is 0 Å². The Balaban J connectivity index is 1.14. The summed E-state index contributed by atoms with van der Waals surface area (Å²) in [6.07, 6.45) is 4.71. The number of rotatable bonds is 12. The molecule has 2 N–H and O–H groups in total. The van der Waals surface area contributed by atoms with Crippen LogP contribution in [0.25, 0.3) is 22.3 Å². The van der Waals surface area contributed by atoms with Gasteiger partial charge in [-0.05, 0) is 94.6 Å². The third-order valence-corrected chi connectivity index (χ3v) is 11.4. The summed E-state index contributed by atoms with van der Waals surface area (Å²) in [7, 11) is -1.25. The second kappa shape index (κ2) is 16.6. The van der Waals surface area contributed by atoms with Crippen molar-refractivity contribution < 1.29 is 23.8 Å². The summed E-state index contributed by atoms with van der Waals surface area (Å²) in [4.78, 5) is 44.3. The van der Waals surface area contributed by atoms with E-state index in [0.29, 0.717) is 51.0 Å². The predicted octanol–water partition coefficient (Wildman–Crippen LogP) is 6.77. The van der Waals surface area contributed by atoms with Gasteiger partial charge in [-0.2, -0.15) is 0 Å². The number of fused-ring (bicyclic) bond motifs is 1. The summed E-state index contributed by atoms with van der Waals surface area (Å²) < 4.78 is 19.5. The fraction of sp³-hybridized carbons (Fsp3) is 0.525. The highest BCUT2D eigenvalue weighted by Gasteiger charge is 2.34. The number of carbonyl (C=O) groups is 2. The summed E-state index contributed by atoms with van der Waals surface area (Å²) in [5.41, 5.74) is 3.79. The monoisotopic (exact) mass is 756 g/mol. The molecule has 2 saturated heterocycles. The van der Waals surface area contributed by atoms with E-state index >= 15 is 0 Å². The van der Waals surface area contributed by atoms with E-state index < -0.39 is 25.3 Å². The van der Waals surface area contributed by atoms with E-state index in [2.05, 4.69) is 67.6 Å². The van der Waals surface area contributed by atoms with E-state index in [4.69, 9.17) is 19.2 Å². The maximum absolute atomic E-state index is 13.4. The highest BCUT2D eigenvalue weighted by molar-refractivity contribution is 6.76. The lowest BCUT2D eigenvalue weighted by molar-refractivity contribution is 0.0382. The Kier molecular flexibility index (Phi) is 12.1. The van der Waals surface area contributed by atoms with Crippen LogP contribution in [0, 0.1) is 0 Å². The Hall–Kier alpha value is -4.37. The second-order valence-electron chi connectivity index (χ2n) is 16.9. The summed E-state index contributed by atoms with van der Waals surface area (Å²) in [6, 6.07) is 14.8. The maximum Gasteiger partial charge on any atom is 0.408 e. The van der Waals surface area contributed by atoms with Crippen molar-refractivity contribution in [3.63, 3.8) is 0 Å². The zero-order chi connectivity index (χ0) is 38.5. The lowest BCUT2D eigenvalue weighted by atomic mass is 9.91. The molecule has 0 spiro atoms. The van der Waals surface area contributed by atoms with E-state index in [9.17, 15) is 9.59 Å². The summed E-state index contributed by atoms with van der Waals surface area (Å²) in [5.74, 6) is 0.616. The smallest absolute Gasteiger partial charge is 0.408 e. The Labute approximate surface area is 319 Å². The van der Waals surface area contributed by atoms with Crippen LogP contribution < -0.4 is 15.5 Å². The SMILES string of the molecule is CC(C)(C)OC(=O)N[C@]1(C)CCCN(Cc2ccnc(C(=O)Nc3ccc(-c4cc5c(N6CCOCC6)ncnc5n4COCC[Si](C)(C)C)cc3)c2)C1. The Morgan fingerprint density at radius 1 is 1.00 bits per heavy atom. The van der Waals surface area contributed by atoms with Crippen molar-refractivity contribution in [2.45, 2.75) is 90.6 Å². The number of pyridine rings is 1. The minimum atomic E-state index is -1.25. The number of hydrogen-bond donors (Lipinski definition) is 2. The normalized spacial score (nSPS) is 18.5. The van der Waals surface area contributed by atoms with Gasteiger partial charge in [0.2, 0.25) is 0 Å². The van der Waals surface area contributed by atoms with Gasteiger partial charge in [-0.15, -0.1) is 0 Å². The van der Waals surface area contributed by atoms with E-state index in [1.165, 1.54) is 0 Å². The molecule has 6 rings (SSSR count). The van der Waals surface area contributed by atoms with Gasteiger partial charge in [-0.25, -0.2) is 14.8 Å². The molecule has 5 heterocycles. The molecule has 3 aromatic heterocycles. The minimum Gasteiger partial charge on any atom is -0.444 e. The number of benzene rings is 1. The number of amides is 2. The molecule has 2 amide bonds. The van der Waals surface area contributed by atoms with Crippen LogP contribution in [0.2, 0.25) is 25.7 Å². The number of nitrogens with zero attached hydrogens (tertiary/aromatic N) is 6. The molecule has 13 nitrogen and oxygen atoms in total. The van der Waals surface area contributed by atoms with E-state index in [-0.39, 0.29) is 5.91 Å². The average Bonchev–Trinajstić information content (AvgIpc) is 3.48. The highest BCUT2D eigenvalue weighted by Crippen LogP contribution is 2.33. The van der Waals surface area contributed by atoms with Gasteiger partial charge in [0.25, 0.3) is 5.91 Å². The van der Waals surface area contributed by atoms with E-state index in [1.807, 2.05) is 57.2 Å². The predicted molar refractivity (Wildman–Crippen MR) is 215 cm³/mol.